The maximum absolute atomic E-state index is 8.89. The van der Waals surface area contributed by atoms with Gasteiger partial charge in [0.05, 0.1) is 18.7 Å². The predicted octanol–water partition coefficient (Wildman–Crippen LogP) is 7.33. The Morgan fingerprint density at radius 2 is 1.28 bits per heavy atom. The van der Waals surface area contributed by atoms with Gasteiger partial charge in [-0.1, -0.05) is 19.1 Å². The number of furan rings is 2. The number of rotatable bonds is 8. The molecule has 4 aromatic rings. The van der Waals surface area contributed by atoms with Gasteiger partial charge in [-0.2, -0.15) is 25.5 Å². The van der Waals surface area contributed by atoms with Gasteiger partial charge in [0.2, 0.25) is 0 Å². The topological polar surface area (TPSA) is 105 Å². The molecule has 3 heterocycles. The van der Waals surface area contributed by atoms with E-state index < -0.39 is 0 Å². The summed E-state index contributed by atoms with van der Waals surface area (Å²) in [7, 11) is 0. The van der Waals surface area contributed by atoms with Crippen LogP contribution in [0.1, 0.15) is 38.7 Å². The van der Waals surface area contributed by atoms with Gasteiger partial charge in [-0.25, -0.2) is 0 Å². The largest absolute Gasteiger partial charge is 0.457 e. The maximum Gasteiger partial charge on any atom is 0.137 e. The molecule has 0 aliphatic rings. The van der Waals surface area contributed by atoms with E-state index in [1.54, 1.807) is 42.9 Å². The maximum atomic E-state index is 8.89. The molecule has 4 rings (SSSR count). The van der Waals surface area contributed by atoms with Gasteiger partial charge in [-0.05, 0) is 81.0 Å². The van der Waals surface area contributed by atoms with Crippen LogP contribution in [0.5, 0.6) is 0 Å². The van der Waals surface area contributed by atoms with Gasteiger partial charge in [0.1, 0.15) is 34.1 Å². The number of nitriles is 2. The minimum absolute atomic E-state index is 0.619. The van der Waals surface area contributed by atoms with Crippen molar-refractivity contribution in [3.05, 3.63) is 83.4 Å². The Bertz CT molecular complexity index is 1480. The summed E-state index contributed by atoms with van der Waals surface area (Å²) >= 11 is 0. The molecule has 7 nitrogen and oxygen atoms in total. The van der Waals surface area contributed by atoms with Crippen molar-refractivity contribution >= 4 is 23.2 Å². The Morgan fingerprint density at radius 3 is 1.69 bits per heavy atom. The zero-order chi connectivity index (χ0) is 25.5. The number of hydrogen-bond donors (Lipinski definition) is 0. The summed E-state index contributed by atoms with van der Waals surface area (Å²) in [6.45, 7) is 6.28. The number of allylic oxidation sites excluding steroid dienone is 6. The third kappa shape index (κ3) is 5.43. The third-order valence-corrected chi connectivity index (χ3v) is 5.36. The molecule has 0 spiro atoms. The lowest BCUT2D eigenvalue weighted by Crippen LogP contribution is -2.00. The van der Waals surface area contributed by atoms with Gasteiger partial charge >= 0.3 is 0 Å². The number of fused-ring (bicyclic) bond motifs is 1. The number of benzene rings is 1. The molecular weight excluding hydrogens is 450 g/mol. The van der Waals surface area contributed by atoms with E-state index in [0.717, 1.165) is 28.6 Å². The van der Waals surface area contributed by atoms with Crippen LogP contribution < -0.4 is 0 Å². The molecule has 0 saturated heterocycles. The zero-order valence-corrected chi connectivity index (χ0v) is 20.4. The number of aromatic nitrogens is 3. The lowest BCUT2D eigenvalue weighted by molar-refractivity contribution is 0.535. The van der Waals surface area contributed by atoms with Crippen LogP contribution in [0.25, 0.3) is 45.8 Å². The van der Waals surface area contributed by atoms with Gasteiger partial charge in [0.25, 0.3) is 0 Å². The highest BCUT2D eigenvalue weighted by molar-refractivity contribution is 5.98. The molecule has 0 fully saturated rings. The van der Waals surface area contributed by atoms with E-state index in [-0.39, 0.29) is 0 Å². The van der Waals surface area contributed by atoms with Crippen molar-refractivity contribution in [3.8, 4) is 34.8 Å². The molecule has 178 valence electrons. The molecule has 0 bridgehead atoms. The minimum Gasteiger partial charge on any atom is -0.457 e. The fourth-order valence-electron chi connectivity index (χ4n) is 3.56. The van der Waals surface area contributed by atoms with Gasteiger partial charge < -0.3 is 8.83 Å². The summed E-state index contributed by atoms with van der Waals surface area (Å²) in [4.78, 5) is 1.70. The molecule has 0 atom stereocenters. The third-order valence-electron chi connectivity index (χ3n) is 5.36. The molecule has 0 saturated carbocycles. The second kappa shape index (κ2) is 11.0. The highest BCUT2D eigenvalue weighted by Crippen LogP contribution is 2.35. The molecule has 1 aromatic carbocycles. The molecule has 0 unspecified atom stereocenters. The highest BCUT2D eigenvalue weighted by atomic mass is 16.3. The van der Waals surface area contributed by atoms with E-state index in [1.165, 1.54) is 0 Å². The number of hydrogen-bond acceptors (Lipinski definition) is 6. The normalized spacial score (nSPS) is 12.6. The summed E-state index contributed by atoms with van der Waals surface area (Å²) in [5.74, 6) is 2.71. The Balaban J connectivity index is 1.71. The average molecular weight is 476 g/mol. The van der Waals surface area contributed by atoms with Crippen molar-refractivity contribution in [1.82, 2.24) is 15.0 Å². The van der Waals surface area contributed by atoms with Crippen LogP contribution >= 0.6 is 0 Å². The van der Waals surface area contributed by atoms with Gasteiger partial charge in [0.15, 0.2) is 0 Å². The average Bonchev–Trinajstić information content (AvgIpc) is 3.63. The smallest absolute Gasteiger partial charge is 0.137 e. The van der Waals surface area contributed by atoms with E-state index in [0.29, 0.717) is 40.7 Å². The monoisotopic (exact) mass is 475 g/mol. The molecule has 0 aliphatic heterocycles. The van der Waals surface area contributed by atoms with E-state index >= 15 is 0 Å². The van der Waals surface area contributed by atoms with E-state index in [2.05, 4.69) is 19.1 Å². The van der Waals surface area contributed by atoms with Crippen LogP contribution in [0.4, 0.5) is 0 Å². The Labute approximate surface area is 209 Å². The molecule has 0 aliphatic carbocycles. The fourth-order valence-corrected chi connectivity index (χ4v) is 3.56. The first-order chi connectivity index (χ1) is 17.5. The van der Waals surface area contributed by atoms with Crippen molar-refractivity contribution < 1.29 is 8.83 Å². The number of aryl methyl sites for hydroxylation is 1. The van der Waals surface area contributed by atoms with Crippen LogP contribution in [-0.4, -0.2) is 15.0 Å². The van der Waals surface area contributed by atoms with E-state index in [9.17, 15) is 0 Å². The highest BCUT2D eigenvalue weighted by Gasteiger charge is 2.18. The summed E-state index contributed by atoms with van der Waals surface area (Å²) in [5.41, 5.74) is 4.37. The van der Waals surface area contributed by atoms with E-state index in [4.69, 9.17) is 29.6 Å². The lowest BCUT2D eigenvalue weighted by Gasteiger charge is -2.02. The van der Waals surface area contributed by atoms with E-state index in [1.807, 2.05) is 48.6 Å². The summed E-state index contributed by atoms with van der Waals surface area (Å²) in [6, 6.07) is 15.7. The molecule has 0 amide bonds. The SMILES string of the molecule is CCCn1nc2c(-c3ccc(/C=C/C=C(/C)C#N)o3)ccc(-c3ccc(/C=C/C=C(/C)C#N)o3)c2n1. The van der Waals surface area contributed by atoms with Crippen molar-refractivity contribution in [2.45, 2.75) is 33.7 Å². The summed E-state index contributed by atoms with van der Waals surface area (Å²) in [6.07, 6.45) is 11.6. The predicted molar refractivity (Wildman–Crippen MR) is 140 cm³/mol. The Kier molecular flexibility index (Phi) is 7.43. The fraction of sp³-hybridized carbons (Fsp3) is 0.172. The van der Waals surface area contributed by atoms with Crippen LogP contribution in [0.3, 0.4) is 0 Å². The van der Waals surface area contributed by atoms with Crippen molar-refractivity contribution in [3.63, 3.8) is 0 Å². The summed E-state index contributed by atoms with van der Waals surface area (Å²) in [5, 5.41) is 27.3. The van der Waals surface area contributed by atoms with Crippen LogP contribution in [0, 0.1) is 22.7 Å². The van der Waals surface area contributed by atoms with Crippen molar-refractivity contribution in [2.24, 2.45) is 0 Å². The first-order valence-corrected chi connectivity index (χ1v) is 11.6. The first-order valence-electron chi connectivity index (χ1n) is 11.6. The molecule has 7 heteroatoms. The lowest BCUT2D eigenvalue weighted by atomic mass is 10.1. The number of nitrogens with zero attached hydrogens (tertiary/aromatic N) is 5. The summed E-state index contributed by atoms with van der Waals surface area (Å²) < 4.78 is 12.1. The zero-order valence-electron chi connectivity index (χ0n) is 20.4. The van der Waals surface area contributed by atoms with Crippen molar-refractivity contribution in [1.29, 1.82) is 10.5 Å². The van der Waals surface area contributed by atoms with Crippen LogP contribution in [-0.2, 0) is 6.54 Å². The van der Waals surface area contributed by atoms with Gasteiger partial charge in [-0.15, -0.1) is 0 Å². The van der Waals surface area contributed by atoms with Gasteiger partial charge in [-0.3, -0.25) is 0 Å². The Morgan fingerprint density at radius 1 is 0.806 bits per heavy atom. The molecule has 3 aromatic heterocycles. The van der Waals surface area contributed by atoms with Crippen molar-refractivity contribution in [2.75, 3.05) is 0 Å². The molecule has 0 N–H and O–H groups in total. The molecule has 0 radical (unpaired) electrons. The minimum atomic E-state index is 0.619. The second-order valence-corrected chi connectivity index (χ2v) is 8.20. The molecular formula is C29H25N5O2. The van der Waals surface area contributed by atoms with Gasteiger partial charge in [0, 0.05) is 22.3 Å². The standard InChI is InChI=1S/C29H25N5O2/c1-4-17-34-32-28-24(26-15-11-22(35-26)9-5-7-20(2)18-30)13-14-25(29(28)33-34)27-16-12-23(36-27)10-6-8-21(3)19-31/h5-16H,4,17H2,1-3H3/b9-5+,10-6+,20-7-,21-8-. The van der Waals surface area contributed by atoms with Crippen LogP contribution in [0.15, 0.2) is 80.7 Å². The van der Waals surface area contributed by atoms with Crippen LogP contribution in [0.2, 0.25) is 0 Å². The molecule has 36 heavy (non-hydrogen) atoms. The second-order valence-electron chi connectivity index (χ2n) is 8.20. The first kappa shape index (κ1) is 24.3. The Hall–Kier alpha value is -4.88. The quantitative estimate of drug-likeness (QED) is 0.195.